The van der Waals surface area contributed by atoms with Crippen LogP contribution in [0.5, 0.6) is 0 Å². The zero-order valence-corrected chi connectivity index (χ0v) is 19.7. The van der Waals surface area contributed by atoms with E-state index in [1.54, 1.807) is 11.6 Å². The van der Waals surface area contributed by atoms with E-state index in [0.717, 1.165) is 20.2 Å². The van der Waals surface area contributed by atoms with Crippen molar-refractivity contribution < 1.29 is 13.2 Å². The molecule has 0 bridgehead atoms. The number of alkyl halides is 3. The molecule has 0 amide bonds. The minimum absolute atomic E-state index is 0.275. The highest BCUT2D eigenvalue weighted by Gasteiger charge is 2.23. The van der Waals surface area contributed by atoms with Crippen molar-refractivity contribution in [2.75, 3.05) is 0 Å². The first kappa shape index (κ1) is 24.8. The Morgan fingerprint density at radius 2 is 1.82 bits per heavy atom. The number of fused-ring (bicyclic) bond motifs is 1. The van der Waals surface area contributed by atoms with Gasteiger partial charge in [-0.3, -0.25) is 19.0 Å². The summed E-state index contributed by atoms with van der Waals surface area (Å²) in [7, 11) is 1.54. The van der Waals surface area contributed by atoms with Gasteiger partial charge in [-0.2, -0.15) is 18.3 Å². The summed E-state index contributed by atoms with van der Waals surface area (Å²) in [6.07, 6.45) is 2.12. The Hall–Kier alpha value is -2.86. The number of nitrogens with zero attached hydrogens (tertiary/aromatic N) is 4. The summed E-state index contributed by atoms with van der Waals surface area (Å²) < 4.78 is 31.9. The normalized spacial score (nSPS) is 11.3. The maximum atomic E-state index is 13.1. The maximum Gasteiger partial charge on any atom is 0.379 e. The molecule has 0 aliphatic rings. The van der Waals surface area contributed by atoms with Crippen LogP contribution in [0, 0.1) is 5.92 Å². The van der Waals surface area contributed by atoms with E-state index in [2.05, 4.69) is 41.2 Å². The van der Waals surface area contributed by atoms with Gasteiger partial charge in [0.25, 0.3) is 5.56 Å². The minimum Gasteiger partial charge on any atom is -0.284 e. The van der Waals surface area contributed by atoms with E-state index in [9.17, 15) is 22.8 Å². The third-order valence-corrected chi connectivity index (χ3v) is 6.93. The standard InChI is InChI=1S/C20H21N5O2S2.CHF3/c1-12(2)10-25-18-15(17(26)24(3)20(25)27)16(29-19-21-11-22-23-19)14(28-18)9-13-7-5-4-6-8-13;2-1(3)4/h4-8,11-12H,9-10H2,1-3H3,(H,21,22,23);1H. The number of aromatic nitrogens is 5. The van der Waals surface area contributed by atoms with Crippen LogP contribution < -0.4 is 11.2 Å². The monoisotopic (exact) mass is 497 g/mol. The van der Waals surface area contributed by atoms with E-state index in [0.29, 0.717) is 23.5 Å². The number of benzene rings is 1. The van der Waals surface area contributed by atoms with Gasteiger partial charge in [0.2, 0.25) is 0 Å². The molecular weight excluding hydrogens is 475 g/mol. The second kappa shape index (κ2) is 10.8. The molecule has 33 heavy (non-hydrogen) atoms. The van der Waals surface area contributed by atoms with Crippen LogP contribution in [0.25, 0.3) is 10.2 Å². The van der Waals surface area contributed by atoms with E-state index < -0.39 is 6.68 Å². The largest absolute Gasteiger partial charge is 0.379 e. The van der Waals surface area contributed by atoms with Crippen molar-refractivity contribution in [1.82, 2.24) is 24.3 Å². The van der Waals surface area contributed by atoms with Crippen LogP contribution in [-0.2, 0) is 20.0 Å². The third kappa shape index (κ3) is 5.93. The zero-order chi connectivity index (χ0) is 24.1. The predicted molar refractivity (Wildman–Crippen MR) is 123 cm³/mol. The van der Waals surface area contributed by atoms with Gasteiger partial charge in [-0.25, -0.2) is 9.78 Å². The fourth-order valence-electron chi connectivity index (χ4n) is 3.22. The fourth-order valence-corrected chi connectivity index (χ4v) is 5.62. The molecule has 0 saturated heterocycles. The molecule has 1 N–H and O–H groups in total. The molecule has 0 fully saturated rings. The van der Waals surface area contributed by atoms with Gasteiger partial charge in [-0.15, -0.1) is 11.3 Å². The number of H-pyrrole nitrogens is 1. The Bertz CT molecular complexity index is 1310. The van der Waals surface area contributed by atoms with Crippen LogP contribution in [-0.4, -0.2) is 31.0 Å². The smallest absolute Gasteiger partial charge is 0.284 e. The summed E-state index contributed by atoms with van der Waals surface area (Å²) in [4.78, 5) is 32.7. The van der Waals surface area contributed by atoms with Gasteiger partial charge in [-0.1, -0.05) is 44.2 Å². The van der Waals surface area contributed by atoms with E-state index in [4.69, 9.17) is 0 Å². The van der Waals surface area contributed by atoms with Crippen molar-refractivity contribution in [2.45, 2.75) is 43.5 Å². The lowest BCUT2D eigenvalue weighted by molar-refractivity contribution is 0.00819. The molecule has 0 aliphatic carbocycles. The average Bonchev–Trinajstić information content (AvgIpc) is 3.39. The second-order valence-electron chi connectivity index (χ2n) is 7.49. The fraction of sp³-hybridized carbons (Fsp3) is 0.333. The van der Waals surface area contributed by atoms with Crippen molar-refractivity contribution in [1.29, 1.82) is 0 Å². The SMILES string of the molecule is CC(C)Cn1c(=O)n(C)c(=O)c2c(Sc3ncn[nH]3)c(Cc3ccccc3)sc21.FC(F)F. The molecule has 7 nitrogen and oxygen atoms in total. The number of hydrogen-bond donors (Lipinski definition) is 1. The highest BCUT2D eigenvalue weighted by molar-refractivity contribution is 7.99. The average molecular weight is 498 g/mol. The number of rotatable bonds is 6. The first-order valence-electron chi connectivity index (χ1n) is 9.93. The molecule has 0 atom stereocenters. The molecule has 0 saturated carbocycles. The molecule has 4 rings (SSSR count). The molecule has 3 aromatic heterocycles. The minimum atomic E-state index is -3.67. The Kier molecular flexibility index (Phi) is 8.14. The lowest BCUT2D eigenvalue weighted by atomic mass is 10.1. The predicted octanol–water partition coefficient (Wildman–Crippen LogP) is 4.46. The van der Waals surface area contributed by atoms with Gasteiger partial charge in [0, 0.05) is 29.8 Å². The zero-order valence-electron chi connectivity index (χ0n) is 18.1. The Labute approximate surface area is 195 Å². The lowest BCUT2D eigenvalue weighted by Crippen LogP contribution is -2.38. The van der Waals surface area contributed by atoms with Crippen LogP contribution in [0.3, 0.4) is 0 Å². The molecule has 176 valence electrons. The quantitative estimate of drug-likeness (QED) is 0.425. The first-order chi connectivity index (χ1) is 15.7. The number of aromatic amines is 1. The van der Waals surface area contributed by atoms with Gasteiger partial charge in [0.05, 0.1) is 5.39 Å². The van der Waals surface area contributed by atoms with Gasteiger partial charge in [-0.05, 0) is 23.2 Å². The summed E-state index contributed by atoms with van der Waals surface area (Å²) in [6, 6.07) is 10.1. The highest BCUT2D eigenvalue weighted by atomic mass is 32.2. The molecule has 1 aromatic carbocycles. The van der Waals surface area contributed by atoms with Crippen molar-refractivity contribution in [3.8, 4) is 0 Å². The van der Waals surface area contributed by atoms with E-state index >= 15 is 0 Å². The van der Waals surface area contributed by atoms with Crippen molar-refractivity contribution >= 4 is 33.3 Å². The van der Waals surface area contributed by atoms with Gasteiger partial charge >= 0.3 is 12.4 Å². The van der Waals surface area contributed by atoms with Crippen LogP contribution in [0.2, 0.25) is 0 Å². The first-order valence-corrected chi connectivity index (χ1v) is 11.6. The molecule has 4 aromatic rings. The van der Waals surface area contributed by atoms with E-state index in [-0.39, 0.29) is 17.2 Å². The molecular formula is C21H22F3N5O2S2. The summed E-state index contributed by atoms with van der Waals surface area (Å²) in [5.41, 5.74) is 0.593. The summed E-state index contributed by atoms with van der Waals surface area (Å²) in [5, 5.41) is 7.96. The van der Waals surface area contributed by atoms with Crippen LogP contribution in [0.4, 0.5) is 13.2 Å². The Morgan fingerprint density at radius 1 is 1.15 bits per heavy atom. The number of thiophene rings is 1. The van der Waals surface area contributed by atoms with E-state index in [1.165, 1.54) is 34.0 Å². The topological polar surface area (TPSA) is 85.6 Å². The van der Waals surface area contributed by atoms with E-state index in [1.807, 2.05) is 18.2 Å². The number of nitrogens with one attached hydrogen (secondary N) is 1. The Balaban J connectivity index is 0.000000709. The van der Waals surface area contributed by atoms with Gasteiger partial charge < -0.3 is 0 Å². The van der Waals surface area contributed by atoms with Gasteiger partial charge in [0.15, 0.2) is 5.16 Å². The number of halogens is 3. The molecule has 0 aliphatic heterocycles. The molecule has 0 spiro atoms. The molecule has 3 heterocycles. The van der Waals surface area contributed by atoms with Gasteiger partial charge in [0.1, 0.15) is 11.2 Å². The highest BCUT2D eigenvalue weighted by Crippen LogP contribution is 2.39. The molecule has 12 heteroatoms. The lowest BCUT2D eigenvalue weighted by Gasteiger charge is -2.11. The summed E-state index contributed by atoms with van der Waals surface area (Å²) in [5.74, 6) is 0.276. The third-order valence-electron chi connectivity index (χ3n) is 4.54. The Morgan fingerprint density at radius 3 is 2.39 bits per heavy atom. The summed E-state index contributed by atoms with van der Waals surface area (Å²) >= 11 is 2.90. The van der Waals surface area contributed by atoms with Crippen LogP contribution >= 0.6 is 23.1 Å². The van der Waals surface area contributed by atoms with Crippen molar-refractivity contribution in [2.24, 2.45) is 13.0 Å². The van der Waals surface area contributed by atoms with Crippen LogP contribution in [0.15, 0.2) is 56.3 Å². The number of hydrogen-bond acceptors (Lipinski definition) is 6. The summed E-state index contributed by atoms with van der Waals surface area (Å²) in [6.45, 7) is 1.01. The maximum absolute atomic E-state index is 13.1. The molecule has 0 radical (unpaired) electrons. The van der Waals surface area contributed by atoms with Crippen LogP contribution in [0.1, 0.15) is 24.3 Å². The van der Waals surface area contributed by atoms with Crippen molar-refractivity contribution in [3.05, 3.63) is 67.9 Å². The second-order valence-corrected chi connectivity index (χ2v) is 9.57. The molecule has 0 unspecified atom stereocenters. The van der Waals surface area contributed by atoms with Crippen molar-refractivity contribution in [3.63, 3.8) is 0 Å².